The van der Waals surface area contributed by atoms with E-state index in [1.54, 1.807) is 44.2 Å². The third-order valence-electron chi connectivity index (χ3n) is 8.20. The molecule has 8 atom stereocenters. The van der Waals surface area contributed by atoms with Gasteiger partial charge in [-0.2, -0.15) is 0 Å². The number of rotatable bonds is 10. The van der Waals surface area contributed by atoms with Crippen LogP contribution in [-0.4, -0.2) is 73.1 Å². The summed E-state index contributed by atoms with van der Waals surface area (Å²) in [6.07, 6.45) is 9.58. The first-order chi connectivity index (χ1) is 20.9. The van der Waals surface area contributed by atoms with E-state index in [0.717, 1.165) is 31.3 Å². The molecule has 1 aromatic heterocycles. The van der Waals surface area contributed by atoms with Crippen molar-refractivity contribution >= 4 is 23.4 Å². The number of hydrogen-bond acceptors (Lipinski definition) is 9. The van der Waals surface area contributed by atoms with Crippen LogP contribution < -0.4 is 0 Å². The summed E-state index contributed by atoms with van der Waals surface area (Å²) in [6, 6.07) is 0. The molecule has 0 spiro atoms. The van der Waals surface area contributed by atoms with Crippen LogP contribution in [0.3, 0.4) is 0 Å². The number of ether oxygens (including phenoxy) is 1. The minimum absolute atomic E-state index is 0.0510. The van der Waals surface area contributed by atoms with Gasteiger partial charge in [-0.3, -0.25) is 0 Å². The molecule has 1 aromatic rings. The molecule has 2 rings (SSSR count). The molecule has 44 heavy (non-hydrogen) atoms. The predicted octanol–water partition coefficient (Wildman–Crippen LogP) is 5.77. The van der Waals surface area contributed by atoms with E-state index < -0.39 is 48.5 Å². The number of allylic oxidation sites excluding steroid dienone is 5. The van der Waals surface area contributed by atoms with Crippen molar-refractivity contribution in [3.05, 3.63) is 69.3 Å². The number of unbranched alkanes of at least 4 members (excludes halogenated alkanes) is 3. The van der Waals surface area contributed by atoms with Gasteiger partial charge in [0, 0.05) is 29.2 Å². The Labute approximate surface area is 267 Å². The van der Waals surface area contributed by atoms with Crippen LogP contribution in [0.2, 0.25) is 0 Å². The van der Waals surface area contributed by atoms with Crippen molar-refractivity contribution in [3.8, 4) is 0 Å². The van der Waals surface area contributed by atoms with E-state index >= 15 is 0 Å². The summed E-state index contributed by atoms with van der Waals surface area (Å²) in [5, 5.41) is 57.3. The average Bonchev–Trinajstić information content (AvgIpc) is 3.47. The third-order valence-corrected chi connectivity index (χ3v) is 9.27. The van der Waals surface area contributed by atoms with Gasteiger partial charge in [-0.25, -0.2) is 9.78 Å². The van der Waals surface area contributed by atoms with Crippen molar-refractivity contribution in [2.75, 3.05) is 0 Å². The standard InChI is InChI=1S/C35H53NO7S/c1-7-9-10-12-15-26-19-27-21-44-34(36-27)24(5)30(39)20-28(37)16-13-11-14-17-29(38)33(43-35(26)42)32(41)25(6)31(40)23(4)18-22(3)8-2/h8,11,13-14,16,18-19,21,24-25,28-33,37-41H,7,9-10,12,15,17,20H2,1-6H3/b14-11?,16-13?,22-8+,23-18+,26-19?/t24-,25?,28-,29+,30+,31?,32-,33-/m0/s1. The lowest BCUT2D eigenvalue weighted by Crippen LogP contribution is -2.47. The summed E-state index contributed by atoms with van der Waals surface area (Å²) in [6.45, 7) is 11.2. The van der Waals surface area contributed by atoms with Crippen molar-refractivity contribution in [2.24, 2.45) is 5.92 Å². The van der Waals surface area contributed by atoms with Gasteiger partial charge in [0.25, 0.3) is 0 Å². The molecule has 2 bridgehead atoms. The lowest BCUT2D eigenvalue weighted by Gasteiger charge is -2.33. The molecule has 8 nitrogen and oxygen atoms in total. The van der Waals surface area contributed by atoms with Gasteiger partial charge in [0.15, 0.2) is 6.10 Å². The van der Waals surface area contributed by atoms with Crippen LogP contribution in [0.5, 0.6) is 0 Å². The molecule has 0 aromatic carbocycles. The first-order valence-corrected chi connectivity index (χ1v) is 16.7. The lowest BCUT2D eigenvalue weighted by molar-refractivity contribution is -0.165. The lowest BCUT2D eigenvalue weighted by atomic mass is 9.87. The van der Waals surface area contributed by atoms with Crippen LogP contribution >= 0.6 is 11.3 Å². The van der Waals surface area contributed by atoms with Gasteiger partial charge >= 0.3 is 5.97 Å². The van der Waals surface area contributed by atoms with Gasteiger partial charge in [-0.05, 0) is 51.7 Å². The number of esters is 1. The maximum atomic E-state index is 13.7. The Morgan fingerprint density at radius 1 is 1.14 bits per heavy atom. The summed E-state index contributed by atoms with van der Waals surface area (Å²) in [7, 11) is 0. The molecule has 246 valence electrons. The molecule has 9 heteroatoms. The summed E-state index contributed by atoms with van der Waals surface area (Å²) >= 11 is 1.37. The number of carbonyl (C=O) groups excluding carboxylic acids is 1. The number of thiazole rings is 1. The Bertz CT molecular complexity index is 1180. The average molecular weight is 632 g/mol. The SMILES string of the molecule is C/C=C(C)/C=C(\C)C(O)C(C)[C@H](O)[C@H]1OC(=O)C(CCCCCC)=Cc2csc(n2)[C@@H](C)[C@H](O)C[C@@H](O)C=CC=CC[C@H]1O. The largest absolute Gasteiger partial charge is 0.453 e. The highest BCUT2D eigenvalue weighted by Gasteiger charge is 2.37. The van der Waals surface area contributed by atoms with Crippen molar-refractivity contribution in [1.29, 1.82) is 0 Å². The Morgan fingerprint density at radius 3 is 2.55 bits per heavy atom. The van der Waals surface area contributed by atoms with Crippen LogP contribution in [0.1, 0.15) is 103 Å². The Balaban J connectivity index is 2.50. The second-order valence-corrected chi connectivity index (χ2v) is 12.8. The molecule has 0 fully saturated rings. The molecular weight excluding hydrogens is 578 g/mol. The molecule has 2 unspecified atom stereocenters. The van der Waals surface area contributed by atoms with Crippen molar-refractivity contribution < 1.29 is 35.1 Å². The topological polar surface area (TPSA) is 140 Å². The highest BCUT2D eigenvalue weighted by molar-refractivity contribution is 7.09. The zero-order valence-corrected chi connectivity index (χ0v) is 27.9. The van der Waals surface area contributed by atoms with Crippen LogP contribution in [0.25, 0.3) is 6.08 Å². The van der Waals surface area contributed by atoms with Gasteiger partial charge in [0.05, 0.1) is 41.2 Å². The quantitative estimate of drug-likeness (QED) is 0.125. The molecule has 2 heterocycles. The number of aliphatic hydroxyl groups is 5. The van der Waals surface area contributed by atoms with E-state index in [-0.39, 0.29) is 18.8 Å². The highest BCUT2D eigenvalue weighted by atomic mass is 32.1. The number of cyclic esters (lactones) is 1. The van der Waals surface area contributed by atoms with Gasteiger partial charge in [-0.1, -0.05) is 82.1 Å². The third kappa shape index (κ3) is 11.8. The molecule has 0 saturated heterocycles. The van der Waals surface area contributed by atoms with Crippen molar-refractivity contribution in [1.82, 2.24) is 4.98 Å². The van der Waals surface area contributed by atoms with Gasteiger partial charge in [0.2, 0.25) is 0 Å². The molecule has 0 saturated carbocycles. The maximum Gasteiger partial charge on any atom is 0.334 e. The summed E-state index contributed by atoms with van der Waals surface area (Å²) in [5.74, 6) is -1.73. The fraction of sp³-hybridized carbons (Fsp3) is 0.600. The zero-order valence-electron chi connectivity index (χ0n) is 27.1. The highest BCUT2D eigenvalue weighted by Crippen LogP contribution is 2.29. The number of fused-ring (bicyclic) bond motifs is 2. The fourth-order valence-electron chi connectivity index (χ4n) is 5.05. The second kappa shape index (κ2) is 19.2. The van der Waals surface area contributed by atoms with E-state index in [4.69, 9.17) is 4.74 Å². The molecule has 0 aliphatic carbocycles. The van der Waals surface area contributed by atoms with E-state index in [2.05, 4.69) is 11.9 Å². The number of aliphatic hydroxyl groups excluding tert-OH is 5. The molecule has 1 aliphatic rings. The predicted molar refractivity (Wildman–Crippen MR) is 177 cm³/mol. The van der Waals surface area contributed by atoms with Crippen LogP contribution in [0.4, 0.5) is 0 Å². The van der Waals surface area contributed by atoms with Crippen LogP contribution in [-0.2, 0) is 9.53 Å². The number of carbonyl (C=O) groups is 1. The van der Waals surface area contributed by atoms with Crippen molar-refractivity contribution in [2.45, 2.75) is 129 Å². The fourth-order valence-corrected chi connectivity index (χ4v) is 5.94. The van der Waals surface area contributed by atoms with Crippen LogP contribution in [0.15, 0.2) is 58.6 Å². The molecule has 1 aliphatic heterocycles. The Morgan fingerprint density at radius 2 is 1.86 bits per heavy atom. The Hall–Kier alpha value is -2.40. The van der Waals surface area contributed by atoms with Crippen molar-refractivity contribution in [3.63, 3.8) is 0 Å². The summed E-state index contributed by atoms with van der Waals surface area (Å²) in [4.78, 5) is 18.3. The minimum Gasteiger partial charge on any atom is -0.453 e. The zero-order chi connectivity index (χ0) is 32.8. The van der Waals surface area contributed by atoms with E-state index in [9.17, 15) is 30.3 Å². The van der Waals surface area contributed by atoms with Gasteiger partial charge < -0.3 is 30.3 Å². The first-order valence-electron chi connectivity index (χ1n) is 15.8. The van der Waals surface area contributed by atoms with Gasteiger partial charge in [-0.15, -0.1) is 11.3 Å². The normalized spacial score (nSPS) is 26.8. The van der Waals surface area contributed by atoms with E-state index in [1.165, 1.54) is 11.3 Å². The minimum atomic E-state index is -1.37. The summed E-state index contributed by atoms with van der Waals surface area (Å²) in [5.41, 5.74) is 2.53. The maximum absolute atomic E-state index is 13.7. The van der Waals surface area contributed by atoms with E-state index in [1.807, 2.05) is 38.3 Å². The summed E-state index contributed by atoms with van der Waals surface area (Å²) < 4.78 is 5.89. The van der Waals surface area contributed by atoms with Crippen LogP contribution in [0, 0.1) is 5.92 Å². The molecular formula is C35H53NO7S. The van der Waals surface area contributed by atoms with E-state index in [0.29, 0.717) is 28.3 Å². The smallest absolute Gasteiger partial charge is 0.334 e. The Kier molecular flexibility index (Phi) is 16.5. The first kappa shape index (κ1) is 37.8. The number of nitrogens with zero attached hydrogens (tertiary/aromatic N) is 1. The number of hydrogen-bond donors (Lipinski definition) is 5. The molecule has 5 N–H and O–H groups in total. The molecule has 0 radical (unpaired) electrons. The number of aromatic nitrogens is 1. The molecule has 0 amide bonds. The van der Waals surface area contributed by atoms with Gasteiger partial charge in [0.1, 0.15) is 0 Å². The monoisotopic (exact) mass is 631 g/mol. The second-order valence-electron chi connectivity index (χ2n) is 12.0.